The lowest BCUT2D eigenvalue weighted by molar-refractivity contribution is 0.159. The third kappa shape index (κ3) is 2.11. The number of aromatic nitrogens is 3. The zero-order valence-electron chi connectivity index (χ0n) is 11.8. The van der Waals surface area contributed by atoms with Crippen LogP contribution in [0.1, 0.15) is 24.4 Å². The van der Waals surface area contributed by atoms with Crippen LogP contribution in [0.15, 0.2) is 40.8 Å². The summed E-state index contributed by atoms with van der Waals surface area (Å²) in [5.74, 6) is 0. The Hall–Kier alpha value is -1.92. The van der Waals surface area contributed by atoms with Gasteiger partial charge in [-0.05, 0) is 19.1 Å². The lowest BCUT2D eigenvalue weighted by atomic mass is 10.1. The van der Waals surface area contributed by atoms with Gasteiger partial charge < -0.3 is 4.57 Å². The molecular weight excluding hydrogens is 284 g/mol. The molecule has 0 amide bonds. The third-order valence-electron chi connectivity index (χ3n) is 4.19. The molecule has 3 aromatic rings. The summed E-state index contributed by atoms with van der Waals surface area (Å²) in [5, 5.41) is 1.89. The van der Waals surface area contributed by atoms with E-state index in [9.17, 15) is 4.79 Å². The SMILES string of the molecule is C[C@H]1c2cccn2CCN1Cc1cc(=O)n2ccsc2n1. The molecule has 0 aliphatic carbocycles. The number of nitrogens with zero attached hydrogens (tertiary/aromatic N) is 4. The first-order valence-corrected chi connectivity index (χ1v) is 7.95. The van der Waals surface area contributed by atoms with Crippen molar-refractivity contribution >= 4 is 16.3 Å². The quantitative estimate of drug-likeness (QED) is 0.728. The van der Waals surface area contributed by atoms with Gasteiger partial charge in [0, 0.05) is 55.2 Å². The molecule has 0 aromatic carbocycles. The normalized spacial score (nSPS) is 19.0. The van der Waals surface area contributed by atoms with E-state index in [0.717, 1.165) is 30.3 Å². The minimum atomic E-state index is 0.00397. The van der Waals surface area contributed by atoms with Crippen molar-refractivity contribution in [3.05, 3.63) is 57.7 Å². The summed E-state index contributed by atoms with van der Waals surface area (Å²) in [6, 6.07) is 6.26. The predicted octanol–water partition coefficient (Wildman–Crippen LogP) is 2.13. The van der Waals surface area contributed by atoms with E-state index >= 15 is 0 Å². The molecule has 0 spiro atoms. The van der Waals surface area contributed by atoms with Gasteiger partial charge in [-0.2, -0.15) is 0 Å². The van der Waals surface area contributed by atoms with Gasteiger partial charge in [0.15, 0.2) is 4.96 Å². The van der Waals surface area contributed by atoms with Crippen molar-refractivity contribution < 1.29 is 0 Å². The fraction of sp³-hybridized carbons (Fsp3) is 0.333. The number of hydrogen-bond acceptors (Lipinski definition) is 4. The zero-order chi connectivity index (χ0) is 14.4. The van der Waals surface area contributed by atoms with Gasteiger partial charge in [-0.3, -0.25) is 14.1 Å². The van der Waals surface area contributed by atoms with E-state index in [1.807, 2.05) is 5.38 Å². The van der Waals surface area contributed by atoms with Crippen LogP contribution in [0.5, 0.6) is 0 Å². The first kappa shape index (κ1) is 12.8. The molecule has 0 saturated carbocycles. The molecule has 0 bridgehead atoms. The Labute approximate surface area is 126 Å². The van der Waals surface area contributed by atoms with Crippen LogP contribution in [-0.4, -0.2) is 25.4 Å². The summed E-state index contributed by atoms with van der Waals surface area (Å²) in [4.78, 5) is 19.8. The molecule has 0 N–H and O–H groups in total. The van der Waals surface area contributed by atoms with Gasteiger partial charge in [0.25, 0.3) is 5.56 Å². The smallest absolute Gasteiger partial charge is 0.258 e. The van der Waals surface area contributed by atoms with Crippen molar-refractivity contribution in [2.75, 3.05) is 6.54 Å². The molecule has 0 saturated heterocycles. The number of fused-ring (bicyclic) bond motifs is 2. The number of rotatable bonds is 2. The molecule has 108 valence electrons. The maximum Gasteiger partial charge on any atom is 0.258 e. The fourth-order valence-electron chi connectivity index (χ4n) is 3.02. The largest absolute Gasteiger partial charge is 0.349 e. The van der Waals surface area contributed by atoms with Crippen LogP contribution in [0.2, 0.25) is 0 Å². The summed E-state index contributed by atoms with van der Waals surface area (Å²) >= 11 is 1.50. The van der Waals surface area contributed by atoms with Gasteiger partial charge >= 0.3 is 0 Å². The van der Waals surface area contributed by atoms with Gasteiger partial charge in [0.05, 0.1) is 5.69 Å². The van der Waals surface area contributed by atoms with Crippen molar-refractivity contribution in [3.8, 4) is 0 Å². The highest BCUT2D eigenvalue weighted by molar-refractivity contribution is 7.15. The van der Waals surface area contributed by atoms with Crippen LogP contribution in [0.4, 0.5) is 0 Å². The van der Waals surface area contributed by atoms with Crippen molar-refractivity contribution in [1.82, 2.24) is 18.9 Å². The molecule has 0 unspecified atom stereocenters. The third-order valence-corrected chi connectivity index (χ3v) is 4.95. The minimum absolute atomic E-state index is 0.00397. The Morgan fingerprint density at radius 1 is 1.38 bits per heavy atom. The Morgan fingerprint density at radius 3 is 3.19 bits per heavy atom. The van der Waals surface area contributed by atoms with Gasteiger partial charge in [-0.15, -0.1) is 11.3 Å². The van der Waals surface area contributed by atoms with Crippen LogP contribution in [0.3, 0.4) is 0 Å². The van der Waals surface area contributed by atoms with Crippen molar-refractivity contribution in [2.45, 2.75) is 26.1 Å². The molecular formula is C15H16N4OS. The van der Waals surface area contributed by atoms with E-state index in [4.69, 9.17) is 0 Å². The summed E-state index contributed by atoms with van der Waals surface area (Å²) in [5.41, 5.74) is 2.19. The summed E-state index contributed by atoms with van der Waals surface area (Å²) in [6.07, 6.45) is 3.90. The second-order valence-electron chi connectivity index (χ2n) is 5.41. The standard InChI is InChI=1S/C15H16N4OS/c1-11-13-3-2-4-17(13)5-6-18(11)10-12-9-14(20)19-7-8-21-15(19)16-12/h2-4,7-9,11H,5-6,10H2,1H3/t11-/m0/s1. The van der Waals surface area contributed by atoms with E-state index in [2.05, 4.69) is 39.7 Å². The van der Waals surface area contributed by atoms with Crippen LogP contribution < -0.4 is 5.56 Å². The second-order valence-corrected chi connectivity index (χ2v) is 6.29. The highest BCUT2D eigenvalue weighted by atomic mass is 32.1. The molecule has 4 rings (SSSR count). The molecule has 6 heteroatoms. The van der Waals surface area contributed by atoms with Gasteiger partial charge in [0.1, 0.15) is 0 Å². The maximum atomic E-state index is 12.0. The van der Waals surface area contributed by atoms with Crippen LogP contribution in [0, 0.1) is 0 Å². The molecule has 21 heavy (non-hydrogen) atoms. The number of thiazole rings is 1. The van der Waals surface area contributed by atoms with Gasteiger partial charge in [-0.1, -0.05) is 0 Å². The second kappa shape index (κ2) is 4.82. The molecule has 3 aromatic heterocycles. The lowest BCUT2D eigenvalue weighted by Gasteiger charge is -2.34. The van der Waals surface area contributed by atoms with E-state index in [1.54, 1.807) is 16.7 Å². The average molecular weight is 300 g/mol. The topological polar surface area (TPSA) is 42.5 Å². The molecule has 0 fully saturated rings. The Kier molecular flexibility index (Phi) is 2.94. The maximum absolute atomic E-state index is 12.0. The Morgan fingerprint density at radius 2 is 2.29 bits per heavy atom. The summed E-state index contributed by atoms with van der Waals surface area (Å²) < 4.78 is 3.89. The zero-order valence-corrected chi connectivity index (χ0v) is 12.6. The van der Waals surface area contributed by atoms with Crippen LogP contribution in [-0.2, 0) is 13.1 Å². The van der Waals surface area contributed by atoms with E-state index < -0.39 is 0 Å². The van der Waals surface area contributed by atoms with Crippen LogP contribution >= 0.6 is 11.3 Å². The predicted molar refractivity (Wildman–Crippen MR) is 82.6 cm³/mol. The Balaban J connectivity index is 1.64. The molecule has 1 atom stereocenters. The summed E-state index contributed by atoms with van der Waals surface area (Å²) in [6.45, 7) is 4.90. The molecule has 4 heterocycles. The fourth-order valence-corrected chi connectivity index (χ4v) is 3.76. The van der Waals surface area contributed by atoms with E-state index in [0.29, 0.717) is 6.04 Å². The van der Waals surface area contributed by atoms with E-state index in [1.165, 1.54) is 17.0 Å². The highest BCUT2D eigenvalue weighted by Crippen LogP contribution is 2.26. The van der Waals surface area contributed by atoms with Crippen molar-refractivity contribution in [1.29, 1.82) is 0 Å². The average Bonchev–Trinajstić information content (AvgIpc) is 3.10. The van der Waals surface area contributed by atoms with Crippen molar-refractivity contribution in [2.24, 2.45) is 0 Å². The van der Waals surface area contributed by atoms with Crippen LogP contribution in [0.25, 0.3) is 4.96 Å². The van der Waals surface area contributed by atoms with E-state index in [-0.39, 0.29) is 5.56 Å². The molecule has 1 aliphatic rings. The highest BCUT2D eigenvalue weighted by Gasteiger charge is 2.23. The molecule has 1 aliphatic heterocycles. The monoisotopic (exact) mass is 300 g/mol. The van der Waals surface area contributed by atoms with Gasteiger partial charge in [0.2, 0.25) is 0 Å². The number of hydrogen-bond donors (Lipinski definition) is 0. The Bertz CT molecular complexity index is 847. The summed E-state index contributed by atoms with van der Waals surface area (Å²) in [7, 11) is 0. The first-order chi connectivity index (χ1) is 10.2. The minimum Gasteiger partial charge on any atom is -0.349 e. The molecule has 5 nitrogen and oxygen atoms in total. The first-order valence-electron chi connectivity index (χ1n) is 7.07. The molecule has 0 radical (unpaired) electrons. The lowest BCUT2D eigenvalue weighted by Crippen LogP contribution is -2.36. The van der Waals surface area contributed by atoms with Crippen molar-refractivity contribution in [3.63, 3.8) is 0 Å². The van der Waals surface area contributed by atoms with Gasteiger partial charge in [-0.25, -0.2) is 4.98 Å².